The highest BCUT2D eigenvalue weighted by atomic mass is 16.1. The molecule has 0 aliphatic heterocycles. The fourth-order valence-electron chi connectivity index (χ4n) is 1.54. The minimum absolute atomic E-state index is 0.266. The zero-order valence-electron chi connectivity index (χ0n) is 9.84. The number of amides is 1. The molecule has 2 aromatic rings. The van der Waals surface area contributed by atoms with E-state index in [0.717, 1.165) is 5.56 Å². The predicted molar refractivity (Wildman–Crippen MR) is 69.0 cm³/mol. The number of aryl methyl sites for hydroxylation is 1. The van der Waals surface area contributed by atoms with E-state index in [-0.39, 0.29) is 5.91 Å². The molecule has 92 valence electrons. The molecule has 0 fully saturated rings. The summed E-state index contributed by atoms with van der Waals surface area (Å²) in [6.07, 6.45) is 4.44. The Morgan fingerprint density at radius 2 is 2.00 bits per heavy atom. The maximum absolute atomic E-state index is 12.0. The number of nitrogens with one attached hydrogen (secondary N) is 2. The Morgan fingerprint density at radius 3 is 2.67 bits per heavy atom. The van der Waals surface area contributed by atoms with E-state index < -0.39 is 0 Å². The largest absolute Gasteiger partial charge is 0.323 e. The lowest BCUT2D eigenvalue weighted by molar-refractivity contribution is 0.102. The lowest BCUT2D eigenvalue weighted by Gasteiger charge is -2.10. The molecular formula is C12H13N5O. The molecule has 1 heterocycles. The third kappa shape index (κ3) is 2.61. The van der Waals surface area contributed by atoms with E-state index in [0.29, 0.717) is 16.9 Å². The molecule has 1 amide bonds. The SMILES string of the molecule is Cc1ccc(C(=O)Nc2cncnc2)c(NN)c1. The second-order valence-corrected chi connectivity index (χ2v) is 3.77. The van der Waals surface area contributed by atoms with Gasteiger partial charge in [-0.15, -0.1) is 0 Å². The summed E-state index contributed by atoms with van der Waals surface area (Å²) in [6, 6.07) is 5.36. The summed E-state index contributed by atoms with van der Waals surface area (Å²) >= 11 is 0. The van der Waals surface area contributed by atoms with E-state index in [4.69, 9.17) is 5.84 Å². The van der Waals surface area contributed by atoms with Crippen molar-refractivity contribution < 1.29 is 4.79 Å². The molecular weight excluding hydrogens is 230 g/mol. The molecule has 0 saturated carbocycles. The first-order chi connectivity index (χ1) is 8.70. The average molecular weight is 243 g/mol. The standard InChI is InChI=1S/C12H13N5O/c1-8-2-3-10(11(4-8)17-13)12(18)16-9-5-14-7-15-6-9/h2-7,17H,13H2,1H3,(H,16,18). The Balaban J connectivity index is 2.24. The van der Waals surface area contributed by atoms with Gasteiger partial charge >= 0.3 is 0 Å². The van der Waals surface area contributed by atoms with E-state index in [1.165, 1.54) is 18.7 Å². The van der Waals surface area contributed by atoms with Gasteiger partial charge < -0.3 is 10.7 Å². The van der Waals surface area contributed by atoms with Crippen molar-refractivity contribution in [2.75, 3.05) is 10.7 Å². The molecule has 0 aliphatic rings. The van der Waals surface area contributed by atoms with Crippen LogP contribution in [0.2, 0.25) is 0 Å². The van der Waals surface area contributed by atoms with Gasteiger partial charge in [0, 0.05) is 0 Å². The van der Waals surface area contributed by atoms with Crippen LogP contribution in [0, 0.1) is 6.92 Å². The molecule has 0 spiro atoms. The minimum atomic E-state index is -0.266. The van der Waals surface area contributed by atoms with Crippen molar-refractivity contribution in [3.05, 3.63) is 48.0 Å². The summed E-state index contributed by atoms with van der Waals surface area (Å²) in [6.45, 7) is 1.92. The fraction of sp³-hybridized carbons (Fsp3) is 0.0833. The molecule has 0 bridgehead atoms. The Bertz CT molecular complexity index is 556. The summed E-state index contributed by atoms with van der Waals surface area (Å²) in [7, 11) is 0. The number of nitrogen functional groups attached to an aromatic ring is 1. The first kappa shape index (κ1) is 12.0. The molecule has 6 heteroatoms. The number of anilines is 2. The van der Waals surface area contributed by atoms with Gasteiger partial charge in [0.1, 0.15) is 6.33 Å². The van der Waals surface area contributed by atoms with E-state index in [1.54, 1.807) is 12.1 Å². The number of hydrogen-bond acceptors (Lipinski definition) is 5. The number of rotatable bonds is 3. The summed E-state index contributed by atoms with van der Waals surface area (Å²) in [5.41, 5.74) is 5.10. The van der Waals surface area contributed by atoms with Gasteiger partial charge in [-0.25, -0.2) is 9.97 Å². The van der Waals surface area contributed by atoms with Gasteiger partial charge in [-0.1, -0.05) is 6.07 Å². The number of aromatic nitrogens is 2. The van der Waals surface area contributed by atoms with Gasteiger partial charge in [-0.3, -0.25) is 10.6 Å². The molecule has 6 nitrogen and oxygen atoms in total. The Labute approximate surface area is 104 Å². The molecule has 0 saturated heterocycles. The number of carbonyl (C=O) groups excluding carboxylic acids is 1. The highest BCUT2D eigenvalue weighted by molar-refractivity contribution is 6.07. The van der Waals surface area contributed by atoms with Gasteiger partial charge in [0.25, 0.3) is 5.91 Å². The zero-order chi connectivity index (χ0) is 13.0. The Hall–Kier alpha value is -2.47. The summed E-state index contributed by atoms with van der Waals surface area (Å²) < 4.78 is 0. The lowest BCUT2D eigenvalue weighted by atomic mass is 10.1. The number of carbonyl (C=O) groups is 1. The van der Waals surface area contributed by atoms with Gasteiger partial charge in [0.05, 0.1) is 29.3 Å². The van der Waals surface area contributed by atoms with Crippen LogP contribution in [0.1, 0.15) is 15.9 Å². The third-order valence-electron chi connectivity index (χ3n) is 2.39. The van der Waals surface area contributed by atoms with Gasteiger partial charge in [-0.2, -0.15) is 0 Å². The molecule has 4 N–H and O–H groups in total. The molecule has 1 aromatic carbocycles. The third-order valence-corrected chi connectivity index (χ3v) is 2.39. The highest BCUT2D eigenvalue weighted by Crippen LogP contribution is 2.17. The van der Waals surface area contributed by atoms with Crippen molar-refractivity contribution in [3.63, 3.8) is 0 Å². The van der Waals surface area contributed by atoms with Crippen LogP contribution < -0.4 is 16.6 Å². The summed E-state index contributed by atoms with van der Waals surface area (Å²) in [5.74, 6) is 5.13. The van der Waals surface area contributed by atoms with Crippen LogP contribution in [0.5, 0.6) is 0 Å². The van der Waals surface area contributed by atoms with E-state index in [9.17, 15) is 4.79 Å². The molecule has 0 aliphatic carbocycles. The maximum Gasteiger partial charge on any atom is 0.257 e. The van der Waals surface area contributed by atoms with Crippen LogP contribution in [-0.4, -0.2) is 15.9 Å². The minimum Gasteiger partial charge on any atom is -0.323 e. The van der Waals surface area contributed by atoms with Crippen LogP contribution in [0.25, 0.3) is 0 Å². The van der Waals surface area contributed by atoms with Crippen molar-refractivity contribution in [2.24, 2.45) is 5.84 Å². The normalized spacial score (nSPS) is 9.89. The van der Waals surface area contributed by atoms with Crippen molar-refractivity contribution in [1.29, 1.82) is 0 Å². The predicted octanol–water partition coefficient (Wildman–Crippen LogP) is 1.32. The smallest absolute Gasteiger partial charge is 0.257 e. The molecule has 1 aromatic heterocycles. The topological polar surface area (TPSA) is 92.9 Å². The molecule has 0 unspecified atom stereocenters. The van der Waals surface area contributed by atoms with E-state index in [2.05, 4.69) is 20.7 Å². The van der Waals surface area contributed by atoms with Crippen LogP contribution in [0.3, 0.4) is 0 Å². The van der Waals surface area contributed by atoms with Crippen LogP contribution in [0.15, 0.2) is 36.9 Å². The Kier molecular flexibility index (Phi) is 3.49. The van der Waals surface area contributed by atoms with Crippen LogP contribution in [-0.2, 0) is 0 Å². The van der Waals surface area contributed by atoms with Crippen molar-refractivity contribution in [1.82, 2.24) is 9.97 Å². The number of nitrogens with two attached hydrogens (primary N) is 1. The van der Waals surface area contributed by atoms with Crippen LogP contribution >= 0.6 is 0 Å². The highest BCUT2D eigenvalue weighted by Gasteiger charge is 2.11. The lowest BCUT2D eigenvalue weighted by Crippen LogP contribution is -2.17. The van der Waals surface area contributed by atoms with Gasteiger partial charge in [0.15, 0.2) is 0 Å². The first-order valence-corrected chi connectivity index (χ1v) is 5.34. The number of benzene rings is 1. The number of hydrogen-bond donors (Lipinski definition) is 3. The average Bonchev–Trinajstić information content (AvgIpc) is 2.39. The first-order valence-electron chi connectivity index (χ1n) is 5.34. The summed E-state index contributed by atoms with van der Waals surface area (Å²) in [5, 5.41) is 2.69. The molecule has 0 radical (unpaired) electrons. The monoisotopic (exact) mass is 243 g/mol. The summed E-state index contributed by atoms with van der Waals surface area (Å²) in [4.78, 5) is 19.7. The van der Waals surface area contributed by atoms with Crippen molar-refractivity contribution in [3.8, 4) is 0 Å². The van der Waals surface area contributed by atoms with E-state index in [1.807, 2.05) is 13.0 Å². The number of hydrazine groups is 1. The van der Waals surface area contributed by atoms with Gasteiger partial charge in [0.2, 0.25) is 0 Å². The number of nitrogens with zero attached hydrogens (tertiary/aromatic N) is 2. The zero-order valence-corrected chi connectivity index (χ0v) is 9.84. The van der Waals surface area contributed by atoms with Crippen molar-refractivity contribution >= 4 is 17.3 Å². The molecule has 0 atom stereocenters. The van der Waals surface area contributed by atoms with E-state index >= 15 is 0 Å². The van der Waals surface area contributed by atoms with Crippen molar-refractivity contribution in [2.45, 2.75) is 6.92 Å². The van der Waals surface area contributed by atoms with Gasteiger partial charge in [-0.05, 0) is 24.6 Å². The molecule has 18 heavy (non-hydrogen) atoms. The second-order valence-electron chi connectivity index (χ2n) is 3.77. The quantitative estimate of drug-likeness (QED) is 0.558. The molecule has 2 rings (SSSR count). The Morgan fingerprint density at radius 1 is 1.28 bits per heavy atom. The second kappa shape index (κ2) is 5.24. The van der Waals surface area contributed by atoms with Crippen LogP contribution in [0.4, 0.5) is 11.4 Å². The fourth-order valence-corrected chi connectivity index (χ4v) is 1.54. The maximum atomic E-state index is 12.0.